The number of benzene rings is 1. The molecule has 0 aliphatic rings. The molecule has 0 saturated carbocycles. The molecule has 0 radical (unpaired) electrons. The van der Waals surface area contributed by atoms with Crippen LogP contribution in [0.5, 0.6) is 0 Å². The van der Waals surface area contributed by atoms with Crippen molar-refractivity contribution in [2.45, 2.75) is 6.92 Å². The summed E-state index contributed by atoms with van der Waals surface area (Å²) in [5.74, 6) is 0.442. The van der Waals surface area contributed by atoms with Crippen LogP contribution < -0.4 is 5.73 Å². The van der Waals surface area contributed by atoms with Gasteiger partial charge in [0.15, 0.2) is 0 Å². The first-order chi connectivity index (χ1) is 11.7. The third-order valence-corrected chi connectivity index (χ3v) is 3.42. The van der Waals surface area contributed by atoms with E-state index in [9.17, 15) is 0 Å². The van der Waals surface area contributed by atoms with E-state index in [0.29, 0.717) is 22.9 Å². The lowest BCUT2D eigenvalue weighted by atomic mass is 10.1. The molecule has 0 bridgehead atoms. The molecule has 0 aliphatic carbocycles. The maximum atomic E-state index is 5.82. The Morgan fingerprint density at radius 3 is 2.46 bits per heavy atom. The first-order valence-corrected chi connectivity index (χ1v) is 7.48. The summed E-state index contributed by atoms with van der Waals surface area (Å²) in [6.45, 7) is 5.44. The van der Waals surface area contributed by atoms with Gasteiger partial charge in [-0.2, -0.15) is 0 Å². The quantitative estimate of drug-likeness (QED) is 0.591. The Morgan fingerprint density at radius 1 is 0.958 bits per heavy atom. The summed E-state index contributed by atoms with van der Waals surface area (Å²) in [6.07, 6.45) is 1.74. The molecule has 5 heteroatoms. The Kier molecular flexibility index (Phi) is 4.43. The normalized spacial score (nSPS) is 12.8. The number of nitrogens with two attached hydrogens (primary N) is 1. The van der Waals surface area contributed by atoms with Gasteiger partial charge in [0.1, 0.15) is 11.4 Å². The highest BCUT2D eigenvalue weighted by atomic mass is 14.9. The minimum Gasteiger partial charge on any atom is -0.387 e. The molecule has 1 aromatic carbocycles. The largest absolute Gasteiger partial charge is 0.387 e. The lowest BCUT2D eigenvalue weighted by molar-refractivity contribution is 1.28. The van der Waals surface area contributed by atoms with Gasteiger partial charge >= 0.3 is 0 Å². The maximum Gasteiger partial charge on any atom is 0.114 e. The molecule has 2 aromatic heterocycles. The summed E-state index contributed by atoms with van der Waals surface area (Å²) in [4.78, 5) is 17.6. The fourth-order valence-corrected chi connectivity index (χ4v) is 2.39. The van der Waals surface area contributed by atoms with Gasteiger partial charge in [0.05, 0.1) is 22.6 Å². The summed E-state index contributed by atoms with van der Waals surface area (Å²) in [7, 11) is 0. The van der Waals surface area contributed by atoms with Crippen molar-refractivity contribution in [1.82, 2.24) is 9.97 Å². The molecule has 2 N–H and O–H groups in total. The molecular formula is C19H17N5. The molecule has 3 rings (SSSR count). The second-order valence-electron chi connectivity index (χ2n) is 5.21. The van der Waals surface area contributed by atoms with Gasteiger partial charge in [-0.05, 0) is 37.9 Å². The van der Waals surface area contributed by atoms with Crippen LogP contribution >= 0.6 is 0 Å². The van der Waals surface area contributed by atoms with Gasteiger partial charge in [-0.3, -0.25) is 9.98 Å². The van der Waals surface area contributed by atoms with E-state index in [-0.39, 0.29) is 0 Å². The van der Waals surface area contributed by atoms with Crippen LogP contribution in [-0.4, -0.2) is 22.5 Å². The number of pyridine rings is 2. The van der Waals surface area contributed by atoms with Crippen LogP contribution in [0.1, 0.15) is 18.2 Å². The summed E-state index contributed by atoms with van der Waals surface area (Å²) >= 11 is 0. The Labute approximate surface area is 140 Å². The van der Waals surface area contributed by atoms with E-state index in [1.54, 1.807) is 13.1 Å². The van der Waals surface area contributed by atoms with Gasteiger partial charge in [-0.25, -0.2) is 9.98 Å². The van der Waals surface area contributed by atoms with Crippen molar-refractivity contribution in [3.05, 3.63) is 72.1 Å². The minimum atomic E-state index is 0.442. The molecule has 0 atom stereocenters. The van der Waals surface area contributed by atoms with E-state index in [0.717, 1.165) is 16.6 Å². The van der Waals surface area contributed by atoms with E-state index in [1.165, 1.54) is 0 Å². The van der Waals surface area contributed by atoms with Crippen molar-refractivity contribution in [2.24, 2.45) is 15.7 Å². The van der Waals surface area contributed by atoms with Crippen molar-refractivity contribution < 1.29 is 0 Å². The van der Waals surface area contributed by atoms with E-state index < -0.39 is 0 Å². The van der Waals surface area contributed by atoms with Gasteiger partial charge in [0.25, 0.3) is 0 Å². The van der Waals surface area contributed by atoms with Crippen LogP contribution in [0, 0.1) is 0 Å². The molecule has 0 saturated heterocycles. The lowest BCUT2D eigenvalue weighted by Crippen LogP contribution is -2.06. The van der Waals surface area contributed by atoms with Gasteiger partial charge in [0, 0.05) is 11.8 Å². The van der Waals surface area contributed by atoms with Crippen molar-refractivity contribution in [3.63, 3.8) is 0 Å². The van der Waals surface area contributed by atoms with Crippen molar-refractivity contribution in [1.29, 1.82) is 0 Å². The van der Waals surface area contributed by atoms with E-state index in [1.807, 2.05) is 54.6 Å². The monoisotopic (exact) mass is 315 g/mol. The number of aliphatic imine (C=N–C) groups is 2. The molecule has 5 nitrogen and oxygen atoms in total. The van der Waals surface area contributed by atoms with Crippen molar-refractivity contribution in [2.75, 3.05) is 0 Å². The highest BCUT2D eigenvalue weighted by Crippen LogP contribution is 2.28. The zero-order valence-corrected chi connectivity index (χ0v) is 13.3. The molecule has 0 aliphatic heterocycles. The number of hydrogen-bond acceptors (Lipinski definition) is 4. The molecule has 2 heterocycles. The average Bonchev–Trinajstić information content (AvgIpc) is 2.62. The zero-order chi connectivity index (χ0) is 16.9. The lowest BCUT2D eigenvalue weighted by Gasteiger charge is -2.09. The summed E-state index contributed by atoms with van der Waals surface area (Å²) in [5, 5.41) is 0. The fourth-order valence-electron chi connectivity index (χ4n) is 2.39. The molecule has 0 fully saturated rings. The molecule has 0 unspecified atom stereocenters. The minimum absolute atomic E-state index is 0.442. The predicted octanol–water partition coefficient (Wildman–Crippen LogP) is 3.53. The van der Waals surface area contributed by atoms with Gasteiger partial charge < -0.3 is 5.73 Å². The summed E-state index contributed by atoms with van der Waals surface area (Å²) in [6, 6.07) is 17.3. The maximum absolute atomic E-state index is 5.82. The smallest absolute Gasteiger partial charge is 0.114 e. The second-order valence-corrected chi connectivity index (χ2v) is 5.21. The van der Waals surface area contributed by atoms with Crippen LogP contribution in [0.15, 0.2) is 70.8 Å². The molecule has 3 aromatic rings. The Bertz CT molecular complexity index is 938. The Hall–Kier alpha value is -3.34. The van der Waals surface area contributed by atoms with Crippen molar-refractivity contribution in [3.8, 4) is 0 Å². The topological polar surface area (TPSA) is 76.5 Å². The number of hydrogen-bond donors (Lipinski definition) is 1. The summed E-state index contributed by atoms with van der Waals surface area (Å²) < 4.78 is 0. The van der Waals surface area contributed by atoms with Crippen LogP contribution in [0.3, 0.4) is 0 Å². The van der Waals surface area contributed by atoms with E-state index >= 15 is 0 Å². The highest BCUT2D eigenvalue weighted by Gasteiger charge is 2.12. The number of nitrogens with zero attached hydrogens (tertiary/aromatic N) is 4. The van der Waals surface area contributed by atoms with Gasteiger partial charge in [-0.15, -0.1) is 0 Å². The van der Waals surface area contributed by atoms with Gasteiger partial charge in [-0.1, -0.05) is 30.3 Å². The molecule has 0 spiro atoms. The van der Waals surface area contributed by atoms with E-state index in [2.05, 4.69) is 26.7 Å². The van der Waals surface area contributed by atoms with Crippen LogP contribution in [0.4, 0.5) is 0 Å². The number of fused-ring (bicyclic) bond motifs is 1. The first kappa shape index (κ1) is 15.6. The zero-order valence-electron chi connectivity index (χ0n) is 13.3. The van der Waals surface area contributed by atoms with Crippen LogP contribution in [0.25, 0.3) is 22.4 Å². The molecule has 24 heavy (non-hydrogen) atoms. The third-order valence-electron chi connectivity index (χ3n) is 3.42. The number of amidine groups is 1. The number of aromatic nitrogens is 2. The molecular weight excluding hydrogens is 298 g/mol. The third kappa shape index (κ3) is 3.20. The predicted molar refractivity (Wildman–Crippen MR) is 99.6 cm³/mol. The Balaban J connectivity index is 2.25. The van der Waals surface area contributed by atoms with Crippen molar-refractivity contribution >= 4 is 35.0 Å². The molecule has 0 amide bonds. The second kappa shape index (κ2) is 6.83. The van der Waals surface area contributed by atoms with E-state index in [4.69, 9.17) is 5.73 Å². The first-order valence-electron chi connectivity index (χ1n) is 7.48. The standard InChI is InChI=1S/C19H17N5/c1-13(20)23-18(14-7-4-3-5-8-14)19(21-2)17-11-10-15-16(24-17)9-6-12-22-15/h3-12H,2H2,1H3,(H2,20,23)/b19-18-. The van der Waals surface area contributed by atoms with Crippen LogP contribution in [0.2, 0.25) is 0 Å². The summed E-state index contributed by atoms with van der Waals surface area (Å²) in [5.41, 5.74) is 10.2. The highest BCUT2D eigenvalue weighted by molar-refractivity contribution is 5.96. The fraction of sp³-hybridized carbons (Fsp3) is 0.0526. The SMILES string of the molecule is C=N/C(=C(\N=C(/C)N)c1ccccc1)c1ccc2ncccc2n1. The Morgan fingerprint density at radius 2 is 1.75 bits per heavy atom. The average molecular weight is 315 g/mol. The van der Waals surface area contributed by atoms with Crippen LogP contribution in [-0.2, 0) is 0 Å². The van der Waals surface area contributed by atoms with Gasteiger partial charge in [0.2, 0.25) is 0 Å². The number of rotatable bonds is 4. The molecule has 118 valence electrons.